The highest BCUT2D eigenvalue weighted by Crippen LogP contribution is 2.31. The van der Waals surface area contributed by atoms with E-state index in [0.29, 0.717) is 38.3 Å². The Morgan fingerprint density at radius 2 is 1.81 bits per heavy atom. The van der Waals surface area contributed by atoms with Crippen molar-refractivity contribution in [2.45, 2.75) is 0 Å². The Bertz CT molecular complexity index is 1170. The zero-order chi connectivity index (χ0) is 19.0. The number of rotatable bonds is 3. The molecular formula is C20H11Cl2FN2O2. The predicted molar refractivity (Wildman–Crippen MR) is 104 cm³/mol. The van der Waals surface area contributed by atoms with Crippen LogP contribution in [0.3, 0.4) is 0 Å². The van der Waals surface area contributed by atoms with Crippen LogP contribution in [0.4, 0.5) is 10.1 Å². The van der Waals surface area contributed by atoms with Crippen LogP contribution in [0.1, 0.15) is 10.4 Å². The fraction of sp³-hybridized carbons (Fsp3) is 0. The third-order valence-corrected chi connectivity index (χ3v) is 4.67. The number of nitrogens with one attached hydrogen (secondary N) is 1. The molecule has 0 radical (unpaired) electrons. The van der Waals surface area contributed by atoms with Gasteiger partial charge in [-0.3, -0.25) is 4.79 Å². The van der Waals surface area contributed by atoms with Crippen LogP contribution in [0.2, 0.25) is 10.0 Å². The predicted octanol–water partition coefficient (Wildman–Crippen LogP) is 6.19. The molecule has 4 rings (SSSR count). The van der Waals surface area contributed by atoms with Crippen LogP contribution in [-0.2, 0) is 0 Å². The number of carbonyl (C=O) groups excluding carboxylic acids is 1. The average Bonchev–Trinajstić information content (AvgIpc) is 3.07. The van der Waals surface area contributed by atoms with Crippen molar-refractivity contribution in [3.05, 3.63) is 82.1 Å². The molecule has 4 nitrogen and oxygen atoms in total. The Balaban J connectivity index is 1.64. The van der Waals surface area contributed by atoms with Gasteiger partial charge in [0.05, 0.1) is 15.6 Å². The van der Waals surface area contributed by atoms with Crippen molar-refractivity contribution in [3.63, 3.8) is 0 Å². The van der Waals surface area contributed by atoms with Gasteiger partial charge in [-0.15, -0.1) is 0 Å². The van der Waals surface area contributed by atoms with Crippen molar-refractivity contribution in [2.75, 3.05) is 5.32 Å². The monoisotopic (exact) mass is 400 g/mol. The van der Waals surface area contributed by atoms with E-state index < -0.39 is 11.7 Å². The molecular weight excluding hydrogens is 390 g/mol. The average molecular weight is 401 g/mol. The second kappa shape index (κ2) is 7.02. The zero-order valence-electron chi connectivity index (χ0n) is 13.7. The van der Waals surface area contributed by atoms with Gasteiger partial charge in [0, 0.05) is 11.3 Å². The van der Waals surface area contributed by atoms with E-state index in [4.69, 9.17) is 27.6 Å². The van der Waals surface area contributed by atoms with Gasteiger partial charge in [0.2, 0.25) is 5.89 Å². The second-order valence-corrected chi connectivity index (χ2v) is 6.58. The summed E-state index contributed by atoms with van der Waals surface area (Å²) in [7, 11) is 0. The first-order valence-corrected chi connectivity index (χ1v) is 8.69. The minimum Gasteiger partial charge on any atom is -0.436 e. The molecule has 27 heavy (non-hydrogen) atoms. The van der Waals surface area contributed by atoms with E-state index in [2.05, 4.69) is 10.3 Å². The minimum absolute atomic E-state index is 0.0331. The summed E-state index contributed by atoms with van der Waals surface area (Å²) in [6.45, 7) is 0. The van der Waals surface area contributed by atoms with Crippen LogP contribution in [0.25, 0.3) is 22.6 Å². The number of carbonyl (C=O) groups is 1. The number of aromatic nitrogens is 1. The van der Waals surface area contributed by atoms with E-state index in [-0.39, 0.29) is 5.56 Å². The number of amides is 1. The fourth-order valence-electron chi connectivity index (χ4n) is 2.60. The van der Waals surface area contributed by atoms with Crippen molar-refractivity contribution >= 4 is 45.9 Å². The van der Waals surface area contributed by atoms with Crippen molar-refractivity contribution < 1.29 is 13.6 Å². The Labute approximate surface area is 163 Å². The maximum absolute atomic E-state index is 13.7. The molecule has 1 amide bonds. The first-order chi connectivity index (χ1) is 13.0. The molecule has 1 aromatic heterocycles. The molecule has 3 aromatic carbocycles. The van der Waals surface area contributed by atoms with Gasteiger partial charge in [0.25, 0.3) is 5.91 Å². The van der Waals surface area contributed by atoms with Crippen LogP contribution in [0.5, 0.6) is 0 Å². The molecule has 1 heterocycles. The molecule has 7 heteroatoms. The number of fused-ring (bicyclic) bond motifs is 1. The second-order valence-electron chi connectivity index (χ2n) is 5.76. The van der Waals surface area contributed by atoms with Gasteiger partial charge in [-0.2, -0.15) is 0 Å². The molecule has 0 aliphatic carbocycles. The number of oxazole rings is 1. The lowest BCUT2D eigenvalue weighted by atomic mass is 10.2. The Morgan fingerprint density at radius 1 is 1.00 bits per heavy atom. The van der Waals surface area contributed by atoms with E-state index in [1.165, 1.54) is 18.2 Å². The minimum atomic E-state index is -0.584. The van der Waals surface area contributed by atoms with Crippen LogP contribution in [-0.4, -0.2) is 10.9 Å². The quantitative estimate of drug-likeness (QED) is 0.445. The molecule has 0 saturated heterocycles. The lowest BCUT2D eigenvalue weighted by Gasteiger charge is -2.05. The standard InChI is InChI=1S/C20H11Cl2FN2O2/c21-14-7-5-11(9-15(14)22)20-25-17-10-12(6-8-18(17)27-20)24-19(26)13-3-1-2-4-16(13)23/h1-10H,(H,24,26). The lowest BCUT2D eigenvalue weighted by Crippen LogP contribution is -2.13. The van der Waals surface area contributed by atoms with E-state index in [1.807, 2.05) is 0 Å². The summed E-state index contributed by atoms with van der Waals surface area (Å²) >= 11 is 12.0. The molecule has 0 fully saturated rings. The number of nitrogens with zero attached hydrogens (tertiary/aromatic N) is 1. The molecule has 1 N–H and O–H groups in total. The van der Waals surface area contributed by atoms with E-state index in [1.54, 1.807) is 42.5 Å². The van der Waals surface area contributed by atoms with Crippen molar-refractivity contribution in [1.29, 1.82) is 0 Å². The number of hydrogen-bond donors (Lipinski definition) is 1. The summed E-state index contributed by atoms with van der Waals surface area (Å²) in [4.78, 5) is 16.7. The number of benzene rings is 3. The molecule has 0 saturated carbocycles. The molecule has 134 valence electrons. The van der Waals surface area contributed by atoms with Gasteiger partial charge in [-0.1, -0.05) is 35.3 Å². The van der Waals surface area contributed by atoms with Gasteiger partial charge >= 0.3 is 0 Å². The van der Waals surface area contributed by atoms with Crippen LogP contribution < -0.4 is 5.32 Å². The Hall–Kier alpha value is -2.89. The Kier molecular flexibility index (Phi) is 4.56. The molecule has 0 aliphatic rings. The first kappa shape index (κ1) is 17.5. The highest BCUT2D eigenvalue weighted by Gasteiger charge is 2.13. The highest BCUT2D eigenvalue weighted by atomic mass is 35.5. The maximum atomic E-state index is 13.7. The summed E-state index contributed by atoms with van der Waals surface area (Å²) in [5, 5.41) is 3.49. The summed E-state index contributed by atoms with van der Waals surface area (Å²) < 4.78 is 19.5. The zero-order valence-corrected chi connectivity index (χ0v) is 15.2. The smallest absolute Gasteiger partial charge is 0.258 e. The van der Waals surface area contributed by atoms with Gasteiger partial charge in [-0.25, -0.2) is 9.37 Å². The summed E-state index contributed by atoms with van der Waals surface area (Å²) in [6, 6.07) is 15.8. The van der Waals surface area contributed by atoms with Crippen molar-refractivity contribution in [3.8, 4) is 11.5 Å². The number of anilines is 1. The van der Waals surface area contributed by atoms with Gasteiger partial charge in [-0.05, 0) is 48.5 Å². The molecule has 0 unspecified atom stereocenters. The summed E-state index contributed by atoms with van der Waals surface area (Å²) in [6.07, 6.45) is 0. The highest BCUT2D eigenvalue weighted by molar-refractivity contribution is 6.42. The molecule has 0 atom stereocenters. The van der Waals surface area contributed by atoms with Crippen LogP contribution >= 0.6 is 23.2 Å². The lowest BCUT2D eigenvalue weighted by molar-refractivity contribution is 0.102. The molecule has 4 aromatic rings. The van der Waals surface area contributed by atoms with Gasteiger partial charge in [0.1, 0.15) is 11.3 Å². The van der Waals surface area contributed by atoms with E-state index in [9.17, 15) is 9.18 Å². The largest absolute Gasteiger partial charge is 0.436 e. The van der Waals surface area contributed by atoms with E-state index >= 15 is 0 Å². The third-order valence-electron chi connectivity index (χ3n) is 3.93. The fourth-order valence-corrected chi connectivity index (χ4v) is 2.90. The number of hydrogen-bond acceptors (Lipinski definition) is 3. The van der Waals surface area contributed by atoms with Crippen LogP contribution in [0.15, 0.2) is 65.1 Å². The van der Waals surface area contributed by atoms with Crippen molar-refractivity contribution in [1.82, 2.24) is 4.98 Å². The maximum Gasteiger partial charge on any atom is 0.258 e. The van der Waals surface area contributed by atoms with Crippen LogP contribution in [0, 0.1) is 5.82 Å². The Morgan fingerprint density at radius 3 is 2.59 bits per heavy atom. The first-order valence-electron chi connectivity index (χ1n) is 7.93. The normalized spacial score (nSPS) is 10.9. The third kappa shape index (κ3) is 3.52. The molecule has 0 bridgehead atoms. The van der Waals surface area contributed by atoms with Crippen molar-refractivity contribution in [2.24, 2.45) is 0 Å². The van der Waals surface area contributed by atoms with Gasteiger partial charge in [0.15, 0.2) is 5.58 Å². The number of halogens is 3. The summed E-state index contributed by atoms with van der Waals surface area (Å²) in [5.74, 6) is -0.749. The van der Waals surface area contributed by atoms with E-state index in [0.717, 1.165) is 0 Å². The topological polar surface area (TPSA) is 55.1 Å². The molecule has 0 spiro atoms. The summed E-state index contributed by atoms with van der Waals surface area (Å²) in [5.41, 5.74) is 2.21. The van der Waals surface area contributed by atoms with Gasteiger partial charge < -0.3 is 9.73 Å². The SMILES string of the molecule is O=C(Nc1ccc2oc(-c3ccc(Cl)c(Cl)c3)nc2c1)c1ccccc1F. The molecule has 0 aliphatic heterocycles.